The van der Waals surface area contributed by atoms with E-state index in [9.17, 15) is 18.0 Å². The first-order valence-corrected chi connectivity index (χ1v) is 15.4. The fourth-order valence-corrected chi connectivity index (χ4v) is 6.21. The smallest absolute Gasteiger partial charge is 0.264 e. The normalized spacial score (nSPS) is 11.9. The number of nitrogens with zero attached hydrogens (tertiary/aromatic N) is 2. The molecule has 2 amide bonds. The van der Waals surface area contributed by atoms with Crippen LogP contribution >= 0.6 is 23.2 Å². The van der Waals surface area contributed by atoms with Crippen LogP contribution in [0, 0.1) is 6.92 Å². The van der Waals surface area contributed by atoms with Crippen molar-refractivity contribution in [2.24, 2.45) is 0 Å². The highest BCUT2D eigenvalue weighted by Crippen LogP contribution is 2.31. The van der Waals surface area contributed by atoms with E-state index in [0.717, 1.165) is 21.0 Å². The van der Waals surface area contributed by atoms with Gasteiger partial charge in [0.15, 0.2) is 0 Å². The molecule has 0 saturated carbocycles. The number of hydrogen-bond acceptors (Lipinski definition) is 4. The summed E-state index contributed by atoms with van der Waals surface area (Å²) in [6.45, 7) is 1.36. The number of rotatable bonds is 11. The van der Waals surface area contributed by atoms with Gasteiger partial charge in [0, 0.05) is 20.0 Å². The Bertz CT molecular complexity index is 1630. The van der Waals surface area contributed by atoms with Gasteiger partial charge < -0.3 is 10.2 Å². The van der Waals surface area contributed by atoms with Crippen molar-refractivity contribution in [3.63, 3.8) is 0 Å². The van der Waals surface area contributed by atoms with Crippen LogP contribution in [0.5, 0.6) is 0 Å². The first kappa shape index (κ1) is 31.1. The molecule has 0 saturated heterocycles. The Balaban J connectivity index is 1.79. The van der Waals surface area contributed by atoms with Gasteiger partial charge >= 0.3 is 0 Å². The molecule has 4 aromatic rings. The Morgan fingerprint density at radius 1 is 0.810 bits per heavy atom. The molecule has 0 spiro atoms. The number of benzene rings is 4. The largest absolute Gasteiger partial charge is 0.357 e. The predicted molar refractivity (Wildman–Crippen MR) is 167 cm³/mol. The molecule has 0 heterocycles. The van der Waals surface area contributed by atoms with Gasteiger partial charge in [-0.05, 0) is 48.4 Å². The van der Waals surface area contributed by atoms with Crippen LogP contribution in [-0.2, 0) is 32.6 Å². The van der Waals surface area contributed by atoms with Crippen LogP contribution in [0.15, 0.2) is 108 Å². The molecular weight excluding hydrogens is 593 g/mol. The zero-order valence-electron chi connectivity index (χ0n) is 23.2. The quantitative estimate of drug-likeness (QED) is 0.226. The minimum Gasteiger partial charge on any atom is -0.357 e. The number of likely N-dealkylation sites (N-methyl/N-ethyl adjacent to an activating group) is 1. The van der Waals surface area contributed by atoms with E-state index in [1.54, 1.807) is 12.1 Å². The molecule has 0 aliphatic rings. The maximum atomic E-state index is 14.2. The average Bonchev–Trinajstić information content (AvgIpc) is 2.99. The molecular formula is C32H31Cl2N3O4S. The zero-order chi connectivity index (χ0) is 30.3. The van der Waals surface area contributed by atoms with Gasteiger partial charge in [0.1, 0.15) is 12.6 Å². The first-order chi connectivity index (χ1) is 20.1. The number of carbonyl (C=O) groups excluding carboxylic acids is 2. The first-order valence-electron chi connectivity index (χ1n) is 13.2. The van der Waals surface area contributed by atoms with Crippen LogP contribution in [0.4, 0.5) is 5.69 Å². The maximum absolute atomic E-state index is 14.2. The number of nitrogens with one attached hydrogen (secondary N) is 1. The van der Waals surface area contributed by atoms with Gasteiger partial charge in [-0.2, -0.15) is 0 Å². The van der Waals surface area contributed by atoms with E-state index in [1.807, 2.05) is 67.6 Å². The van der Waals surface area contributed by atoms with Gasteiger partial charge in [-0.25, -0.2) is 8.42 Å². The van der Waals surface area contributed by atoms with E-state index in [0.29, 0.717) is 0 Å². The standard InChI is InChI=1S/C32H31Cl2N3O4S/c1-23-13-16-27(17-14-23)42(40,41)37(26-15-18-28(33)29(34)20-26)22-31(38)36(21-25-11-7-4-8-12-25)30(32(39)35-2)19-24-9-5-3-6-10-24/h3-18,20,30H,19,21-22H2,1-2H3,(H,35,39)/t30-/m1/s1. The Morgan fingerprint density at radius 3 is 1.98 bits per heavy atom. The Labute approximate surface area is 256 Å². The van der Waals surface area contributed by atoms with E-state index in [1.165, 1.54) is 42.3 Å². The van der Waals surface area contributed by atoms with Crippen LogP contribution < -0.4 is 9.62 Å². The number of halogens is 2. The lowest BCUT2D eigenvalue weighted by Gasteiger charge is -2.33. The number of hydrogen-bond donors (Lipinski definition) is 1. The second-order valence-electron chi connectivity index (χ2n) is 9.75. The third-order valence-electron chi connectivity index (χ3n) is 6.79. The van der Waals surface area contributed by atoms with Crippen molar-refractivity contribution < 1.29 is 18.0 Å². The number of aryl methyl sites for hydroxylation is 1. The number of anilines is 1. The molecule has 0 bridgehead atoms. The van der Waals surface area contributed by atoms with Crippen LogP contribution in [0.25, 0.3) is 0 Å². The molecule has 10 heteroatoms. The summed E-state index contributed by atoms with van der Waals surface area (Å²) >= 11 is 12.4. The van der Waals surface area contributed by atoms with Crippen molar-refractivity contribution in [2.75, 3.05) is 17.9 Å². The molecule has 1 atom stereocenters. The van der Waals surface area contributed by atoms with Crippen LogP contribution in [0.1, 0.15) is 16.7 Å². The summed E-state index contributed by atoms with van der Waals surface area (Å²) in [5, 5.41) is 3.05. The van der Waals surface area contributed by atoms with E-state index < -0.39 is 28.5 Å². The highest BCUT2D eigenvalue weighted by atomic mass is 35.5. The maximum Gasteiger partial charge on any atom is 0.264 e. The minimum atomic E-state index is -4.23. The second kappa shape index (κ2) is 13.9. The average molecular weight is 625 g/mol. The van der Waals surface area contributed by atoms with Crippen LogP contribution in [0.2, 0.25) is 10.0 Å². The molecule has 0 fully saturated rings. The van der Waals surface area contributed by atoms with Crippen molar-refractivity contribution in [2.45, 2.75) is 30.8 Å². The molecule has 0 aromatic heterocycles. The topological polar surface area (TPSA) is 86.8 Å². The molecule has 0 unspecified atom stereocenters. The van der Waals surface area contributed by atoms with Gasteiger partial charge in [0.2, 0.25) is 11.8 Å². The fraction of sp³-hybridized carbons (Fsp3) is 0.188. The second-order valence-corrected chi connectivity index (χ2v) is 12.4. The van der Waals surface area contributed by atoms with Crippen molar-refractivity contribution >= 4 is 50.7 Å². The van der Waals surface area contributed by atoms with Gasteiger partial charge in [-0.3, -0.25) is 13.9 Å². The summed E-state index contributed by atoms with van der Waals surface area (Å²) in [5.74, 6) is -0.934. The predicted octanol–water partition coefficient (Wildman–Crippen LogP) is 5.88. The Kier molecular flexibility index (Phi) is 10.3. The lowest BCUT2D eigenvalue weighted by atomic mass is 10.0. The third-order valence-corrected chi connectivity index (χ3v) is 9.32. The Hall–Kier alpha value is -3.85. The SMILES string of the molecule is CNC(=O)[C@@H](Cc1ccccc1)N(Cc1ccccc1)C(=O)CN(c1ccc(Cl)c(Cl)c1)S(=O)(=O)c1ccc(C)cc1. The third kappa shape index (κ3) is 7.50. The highest BCUT2D eigenvalue weighted by Gasteiger charge is 2.34. The molecule has 7 nitrogen and oxygen atoms in total. The summed E-state index contributed by atoms with van der Waals surface area (Å²) in [6, 6.07) is 28.4. The van der Waals surface area contributed by atoms with Crippen molar-refractivity contribution in [3.05, 3.63) is 130 Å². The molecule has 0 radical (unpaired) electrons. The molecule has 1 N–H and O–H groups in total. The van der Waals surface area contributed by atoms with E-state index in [-0.39, 0.29) is 39.5 Å². The van der Waals surface area contributed by atoms with Gasteiger partial charge in [0.05, 0.1) is 20.6 Å². The van der Waals surface area contributed by atoms with E-state index in [4.69, 9.17) is 23.2 Å². The highest BCUT2D eigenvalue weighted by molar-refractivity contribution is 7.92. The molecule has 4 aromatic carbocycles. The summed E-state index contributed by atoms with van der Waals surface area (Å²) < 4.78 is 29.0. The molecule has 0 aliphatic heterocycles. The summed E-state index contributed by atoms with van der Waals surface area (Å²) in [5.41, 5.74) is 2.69. The lowest BCUT2D eigenvalue weighted by molar-refractivity contribution is -0.139. The van der Waals surface area contributed by atoms with Gasteiger partial charge in [-0.15, -0.1) is 0 Å². The zero-order valence-corrected chi connectivity index (χ0v) is 25.5. The Morgan fingerprint density at radius 2 is 1.40 bits per heavy atom. The monoisotopic (exact) mass is 623 g/mol. The molecule has 4 rings (SSSR count). The van der Waals surface area contributed by atoms with Crippen LogP contribution in [-0.4, -0.2) is 44.8 Å². The summed E-state index contributed by atoms with van der Waals surface area (Å²) in [4.78, 5) is 29.0. The summed E-state index contributed by atoms with van der Waals surface area (Å²) in [6.07, 6.45) is 0.233. The van der Waals surface area contributed by atoms with Crippen LogP contribution in [0.3, 0.4) is 0 Å². The van der Waals surface area contributed by atoms with Crippen molar-refractivity contribution in [1.82, 2.24) is 10.2 Å². The fourth-order valence-electron chi connectivity index (χ4n) is 4.51. The van der Waals surface area contributed by atoms with Gasteiger partial charge in [-0.1, -0.05) is 102 Å². The number of carbonyl (C=O) groups is 2. The van der Waals surface area contributed by atoms with E-state index >= 15 is 0 Å². The molecule has 218 valence electrons. The molecule has 0 aliphatic carbocycles. The van der Waals surface area contributed by atoms with Gasteiger partial charge in [0.25, 0.3) is 10.0 Å². The van der Waals surface area contributed by atoms with Crippen molar-refractivity contribution in [3.8, 4) is 0 Å². The van der Waals surface area contributed by atoms with E-state index in [2.05, 4.69) is 5.32 Å². The minimum absolute atomic E-state index is 0.00807. The molecule has 42 heavy (non-hydrogen) atoms. The number of amides is 2. The lowest BCUT2D eigenvalue weighted by Crippen LogP contribution is -2.53. The van der Waals surface area contributed by atoms with Crippen molar-refractivity contribution in [1.29, 1.82) is 0 Å². The number of sulfonamides is 1. The summed E-state index contributed by atoms with van der Waals surface area (Å²) in [7, 11) is -2.72.